The van der Waals surface area contributed by atoms with Gasteiger partial charge in [0.25, 0.3) is 0 Å². The first-order valence-electron chi connectivity index (χ1n) is 4.15. The fraction of sp³-hybridized carbons (Fsp3) is 0.444. The molecule has 1 aliphatic carbocycles. The van der Waals surface area contributed by atoms with Crippen LogP contribution in [-0.4, -0.2) is 10.1 Å². The number of anilines is 1. The normalized spacial score (nSPS) is 20.1. The Morgan fingerprint density at radius 1 is 1.50 bits per heavy atom. The number of nitrogens with two attached hydrogens (primary N) is 1. The highest BCUT2D eigenvalue weighted by Gasteiger charge is 2.37. The van der Waals surface area contributed by atoms with Gasteiger partial charge in [0.2, 0.25) is 0 Å². The van der Waals surface area contributed by atoms with Crippen LogP contribution in [-0.2, 0) is 5.60 Å². The van der Waals surface area contributed by atoms with Crippen LogP contribution in [0.15, 0.2) is 18.5 Å². The highest BCUT2D eigenvalue weighted by Crippen LogP contribution is 2.42. The van der Waals surface area contributed by atoms with Gasteiger partial charge in [-0.05, 0) is 25.3 Å². The third-order valence-corrected chi connectivity index (χ3v) is 2.54. The summed E-state index contributed by atoms with van der Waals surface area (Å²) >= 11 is 0. The minimum atomic E-state index is -0.682. The summed E-state index contributed by atoms with van der Waals surface area (Å²) in [6.45, 7) is 0. The van der Waals surface area contributed by atoms with E-state index in [4.69, 9.17) is 5.73 Å². The molecule has 1 aromatic rings. The zero-order chi connectivity index (χ0) is 8.60. The Kier molecular flexibility index (Phi) is 1.54. The van der Waals surface area contributed by atoms with E-state index in [0.717, 1.165) is 24.8 Å². The first-order chi connectivity index (χ1) is 5.72. The molecule has 0 bridgehead atoms. The maximum absolute atomic E-state index is 9.94. The standard InChI is InChI=1S/C9H12N2O/c10-8-2-5-11-6-7(8)9(12)3-1-4-9/h2,5-6,12H,1,3-4H2,(H2,10,11). The van der Waals surface area contributed by atoms with Gasteiger partial charge in [-0.15, -0.1) is 0 Å². The van der Waals surface area contributed by atoms with Crippen LogP contribution in [0.4, 0.5) is 5.69 Å². The van der Waals surface area contributed by atoms with Crippen LogP contribution < -0.4 is 5.73 Å². The van der Waals surface area contributed by atoms with Crippen molar-refractivity contribution >= 4 is 5.69 Å². The molecular formula is C9H12N2O. The number of aromatic nitrogens is 1. The summed E-state index contributed by atoms with van der Waals surface area (Å²) in [5.41, 5.74) is 6.47. The van der Waals surface area contributed by atoms with Crippen LogP contribution >= 0.6 is 0 Å². The van der Waals surface area contributed by atoms with Crippen LogP contribution in [0.2, 0.25) is 0 Å². The summed E-state index contributed by atoms with van der Waals surface area (Å²) in [6, 6.07) is 1.73. The number of pyridine rings is 1. The third kappa shape index (κ3) is 0.975. The van der Waals surface area contributed by atoms with Gasteiger partial charge in [-0.2, -0.15) is 0 Å². The summed E-state index contributed by atoms with van der Waals surface area (Å²) in [5.74, 6) is 0. The fourth-order valence-electron chi connectivity index (χ4n) is 1.58. The lowest BCUT2D eigenvalue weighted by molar-refractivity contribution is -0.0383. The van der Waals surface area contributed by atoms with Gasteiger partial charge in [0.1, 0.15) is 0 Å². The van der Waals surface area contributed by atoms with E-state index in [0.29, 0.717) is 5.69 Å². The smallest absolute Gasteiger partial charge is 0.0931 e. The second kappa shape index (κ2) is 2.45. The largest absolute Gasteiger partial charge is 0.398 e. The molecule has 0 atom stereocenters. The molecule has 64 valence electrons. The van der Waals surface area contributed by atoms with E-state index >= 15 is 0 Å². The van der Waals surface area contributed by atoms with Gasteiger partial charge in [0.05, 0.1) is 5.60 Å². The lowest BCUT2D eigenvalue weighted by Gasteiger charge is -2.37. The maximum Gasteiger partial charge on any atom is 0.0931 e. The molecular weight excluding hydrogens is 152 g/mol. The molecule has 3 N–H and O–H groups in total. The van der Waals surface area contributed by atoms with Crippen molar-refractivity contribution in [2.45, 2.75) is 24.9 Å². The second-order valence-electron chi connectivity index (χ2n) is 3.35. The van der Waals surface area contributed by atoms with E-state index in [2.05, 4.69) is 4.98 Å². The van der Waals surface area contributed by atoms with Crippen molar-refractivity contribution in [3.63, 3.8) is 0 Å². The molecule has 0 saturated heterocycles. The summed E-state index contributed by atoms with van der Waals surface area (Å²) in [4.78, 5) is 3.95. The lowest BCUT2D eigenvalue weighted by Crippen LogP contribution is -2.34. The molecule has 0 amide bonds. The zero-order valence-electron chi connectivity index (χ0n) is 6.83. The zero-order valence-corrected chi connectivity index (χ0v) is 6.83. The van der Waals surface area contributed by atoms with Crippen LogP contribution in [0.5, 0.6) is 0 Å². The van der Waals surface area contributed by atoms with Gasteiger partial charge in [0, 0.05) is 23.6 Å². The highest BCUT2D eigenvalue weighted by atomic mass is 16.3. The molecule has 3 nitrogen and oxygen atoms in total. The third-order valence-electron chi connectivity index (χ3n) is 2.54. The number of rotatable bonds is 1. The average molecular weight is 164 g/mol. The first-order valence-corrected chi connectivity index (χ1v) is 4.15. The van der Waals surface area contributed by atoms with Crippen molar-refractivity contribution in [3.05, 3.63) is 24.0 Å². The molecule has 0 aliphatic heterocycles. The van der Waals surface area contributed by atoms with E-state index in [1.165, 1.54) is 0 Å². The Hall–Kier alpha value is -1.09. The van der Waals surface area contributed by atoms with Gasteiger partial charge in [-0.25, -0.2) is 0 Å². The topological polar surface area (TPSA) is 59.1 Å². The van der Waals surface area contributed by atoms with E-state index < -0.39 is 5.60 Å². The average Bonchev–Trinajstić information content (AvgIpc) is 2.01. The number of hydrogen-bond donors (Lipinski definition) is 2. The van der Waals surface area contributed by atoms with E-state index in [9.17, 15) is 5.11 Å². The van der Waals surface area contributed by atoms with Crippen molar-refractivity contribution < 1.29 is 5.11 Å². The molecule has 1 fully saturated rings. The molecule has 1 saturated carbocycles. The molecule has 1 aliphatic rings. The predicted molar refractivity (Wildman–Crippen MR) is 46.4 cm³/mol. The van der Waals surface area contributed by atoms with Gasteiger partial charge in [-0.1, -0.05) is 0 Å². The van der Waals surface area contributed by atoms with Crippen LogP contribution in [0.1, 0.15) is 24.8 Å². The van der Waals surface area contributed by atoms with Gasteiger partial charge in [-0.3, -0.25) is 4.98 Å². The van der Waals surface area contributed by atoms with Gasteiger partial charge in [0.15, 0.2) is 0 Å². The van der Waals surface area contributed by atoms with Crippen molar-refractivity contribution in [2.24, 2.45) is 0 Å². The molecule has 1 heterocycles. The van der Waals surface area contributed by atoms with Crippen molar-refractivity contribution in [3.8, 4) is 0 Å². The van der Waals surface area contributed by atoms with E-state index in [1.807, 2.05) is 0 Å². The van der Waals surface area contributed by atoms with Gasteiger partial charge >= 0.3 is 0 Å². The number of nitrogen functional groups attached to an aromatic ring is 1. The van der Waals surface area contributed by atoms with Crippen LogP contribution in [0, 0.1) is 0 Å². The quantitative estimate of drug-likeness (QED) is 0.651. The van der Waals surface area contributed by atoms with E-state index in [1.54, 1.807) is 18.5 Å². The van der Waals surface area contributed by atoms with Crippen LogP contribution in [0.3, 0.4) is 0 Å². The summed E-state index contributed by atoms with van der Waals surface area (Å²) < 4.78 is 0. The maximum atomic E-state index is 9.94. The fourth-order valence-corrected chi connectivity index (χ4v) is 1.58. The Morgan fingerprint density at radius 2 is 2.25 bits per heavy atom. The molecule has 1 aromatic heterocycles. The SMILES string of the molecule is Nc1ccncc1C1(O)CCC1. The number of aliphatic hydroxyl groups is 1. The number of nitrogens with zero attached hydrogens (tertiary/aromatic N) is 1. The molecule has 0 spiro atoms. The highest BCUT2D eigenvalue weighted by molar-refractivity contribution is 5.48. The molecule has 0 radical (unpaired) electrons. The van der Waals surface area contributed by atoms with Crippen LogP contribution in [0.25, 0.3) is 0 Å². The van der Waals surface area contributed by atoms with Crippen molar-refractivity contribution in [1.82, 2.24) is 4.98 Å². The van der Waals surface area contributed by atoms with Gasteiger partial charge < -0.3 is 10.8 Å². The van der Waals surface area contributed by atoms with E-state index in [-0.39, 0.29) is 0 Å². The first kappa shape index (κ1) is 7.55. The number of hydrogen-bond acceptors (Lipinski definition) is 3. The van der Waals surface area contributed by atoms with Crippen molar-refractivity contribution in [2.75, 3.05) is 5.73 Å². The Labute approximate surface area is 71.2 Å². The Balaban J connectivity index is 2.39. The second-order valence-corrected chi connectivity index (χ2v) is 3.35. The predicted octanol–water partition coefficient (Wildman–Crippen LogP) is 1.04. The summed E-state index contributed by atoms with van der Waals surface area (Å²) in [5, 5.41) is 9.94. The molecule has 3 heteroatoms. The minimum absolute atomic E-state index is 0.646. The lowest BCUT2D eigenvalue weighted by atomic mass is 9.75. The Bertz CT molecular complexity index is 294. The van der Waals surface area contributed by atoms with Crippen molar-refractivity contribution in [1.29, 1.82) is 0 Å². The summed E-state index contributed by atoms with van der Waals surface area (Å²) in [6.07, 6.45) is 5.99. The molecule has 0 unspecified atom stereocenters. The summed E-state index contributed by atoms with van der Waals surface area (Å²) in [7, 11) is 0. The Morgan fingerprint density at radius 3 is 2.75 bits per heavy atom. The molecule has 0 aromatic carbocycles. The minimum Gasteiger partial charge on any atom is -0.398 e. The molecule has 2 rings (SSSR count). The monoisotopic (exact) mass is 164 g/mol. The molecule has 12 heavy (non-hydrogen) atoms.